The van der Waals surface area contributed by atoms with Crippen LogP contribution in [0.5, 0.6) is 11.5 Å². The summed E-state index contributed by atoms with van der Waals surface area (Å²) < 4.78 is 10.3. The molecule has 0 fully saturated rings. The van der Waals surface area contributed by atoms with Gasteiger partial charge in [0.25, 0.3) is 6.41 Å². The van der Waals surface area contributed by atoms with Gasteiger partial charge in [-0.2, -0.15) is 0 Å². The molecule has 0 radical (unpaired) electrons. The van der Waals surface area contributed by atoms with Crippen molar-refractivity contribution in [2.45, 2.75) is 12.8 Å². The summed E-state index contributed by atoms with van der Waals surface area (Å²) in [6.07, 6.45) is -0.0781. The van der Waals surface area contributed by atoms with Crippen molar-refractivity contribution in [3.8, 4) is 11.5 Å². The standard InChI is InChI=1S/C9H11NO3/c10-9-12-7-2-1-6(3-4-11)5-8(7)13-9/h1-2,5,9,11H,3-4,10H2. The zero-order valence-electron chi connectivity index (χ0n) is 7.06. The number of aliphatic hydroxyl groups excluding tert-OH is 1. The Morgan fingerprint density at radius 2 is 2.08 bits per heavy atom. The highest BCUT2D eigenvalue weighted by atomic mass is 16.7. The summed E-state index contributed by atoms with van der Waals surface area (Å²) in [7, 11) is 0. The van der Waals surface area contributed by atoms with Crippen LogP contribution in [0.2, 0.25) is 0 Å². The molecule has 4 nitrogen and oxygen atoms in total. The Balaban J connectivity index is 2.24. The van der Waals surface area contributed by atoms with Crippen LogP contribution in [0.3, 0.4) is 0 Å². The van der Waals surface area contributed by atoms with E-state index in [4.69, 9.17) is 20.3 Å². The zero-order chi connectivity index (χ0) is 9.26. The molecule has 1 heterocycles. The van der Waals surface area contributed by atoms with E-state index in [1.807, 2.05) is 12.1 Å². The van der Waals surface area contributed by atoms with Crippen LogP contribution in [0, 0.1) is 0 Å². The molecule has 70 valence electrons. The Kier molecular flexibility index (Phi) is 2.08. The van der Waals surface area contributed by atoms with Gasteiger partial charge >= 0.3 is 0 Å². The second-order valence-electron chi connectivity index (χ2n) is 2.86. The van der Waals surface area contributed by atoms with Gasteiger partial charge in [-0.3, -0.25) is 5.73 Å². The van der Waals surface area contributed by atoms with E-state index in [-0.39, 0.29) is 6.61 Å². The number of ether oxygens (including phenoxy) is 2. The highest BCUT2D eigenvalue weighted by Crippen LogP contribution is 2.34. The second-order valence-corrected chi connectivity index (χ2v) is 2.86. The van der Waals surface area contributed by atoms with Crippen molar-refractivity contribution in [3.05, 3.63) is 23.8 Å². The van der Waals surface area contributed by atoms with Crippen molar-refractivity contribution >= 4 is 0 Å². The van der Waals surface area contributed by atoms with Crippen LogP contribution in [-0.2, 0) is 6.42 Å². The topological polar surface area (TPSA) is 64.7 Å². The van der Waals surface area contributed by atoms with E-state index in [1.54, 1.807) is 6.07 Å². The van der Waals surface area contributed by atoms with Crippen molar-refractivity contribution < 1.29 is 14.6 Å². The third-order valence-electron chi connectivity index (χ3n) is 1.89. The summed E-state index contributed by atoms with van der Waals surface area (Å²) in [5.74, 6) is 1.31. The van der Waals surface area contributed by atoms with Gasteiger partial charge in [0.2, 0.25) is 0 Å². The van der Waals surface area contributed by atoms with E-state index in [0.717, 1.165) is 5.56 Å². The maximum Gasteiger partial charge on any atom is 0.300 e. The third-order valence-corrected chi connectivity index (χ3v) is 1.89. The molecule has 0 amide bonds. The molecule has 0 bridgehead atoms. The minimum Gasteiger partial charge on any atom is -0.438 e. The van der Waals surface area contributed by atoms with Crippen molar-refractivity contribution in [1.29, 1.82) is 0 Å². The lowest BCUT2D eigenvalue weighted by atomic mass is 10.1. The Morgan fingerprint density at radius 3 is 2.85 bits per heavy atom. The van der Waals surface area contributed by atoms with Gasteiger partial charge in [0.1, 0.15) is 0 Å². The summed E-state index contributed by atoms with van der Waals surface area (Å²) in [4.78, 5) is 0. The molecular weight excluding hydrogens is 170 g/mol. The average molecular weight is 181 g/mol. The SMILES string of the molecule is NC1Oc2ccc(CCO)cc2O1. The number of hydrogen-bond donors (Lipinski definition) is 2. The fourth-order valence-electron chi connectivity index (χ4n) is 1.30. The van der Waals surface area contributed by atoms with Gasteiger partial charge in [-0.05, 0) is 24.1 Å². The van der Waals surface area contributed by atoms with Gasteiger partial charge < -0.3 is 14.6 Å². The van der Waals surface area contributed by atoms with E-state index >= 15 is 0 Å². The van der Waals surface area contributed by atoms with Gasteiger partial charge in [-0.1, -0.05) is 6.07 Å². The lowest BCUT2D eigenvalue weighted by molar-refractivity contribution is 0.0562. The van der Waals surface area contributed by atoms with Crippen molar-refractivity contribution in [2.24, 2.45) is 5.73 Å². The molecule has 1 aliphatic heterocycles. The lowest BCUT2D eigenvalue weighted by Gasteiger charge is -2.00. The number of fused-ring (bicyclic) bond motifs is 1. The molecule has 0 aliphatic carbocycles. The molecule has 1 aromatic rings. The predicted molar refractivity (Wildman–Crippen MR) is 46.5 cm³/mol. The number of nitrogens with two attached hydrogens (primary N) is 1. The fraction of sp³-hybridized carbons (Fsp3) is 0.333. The van der Waals surface area contributed by atoms with Crippen molar-refractivity contribution in [3.63, 3.8) is 0 Å². The van der Waals surface area contributed by atoms with E-state index < -0.39 is 6.41 Å². The van der Waals surface area contributed by atoms with Crippen LogP contribution in [0.1, 0.15) is 5.56 Å². The Bertz CT molecular complexity index is 314. The maximum absolute atomic E-state index is 8.72. The molecule has 0 saturated heterocycles. The molecule has 0 saturated carbocycles. The van der Waals surface area contributed by atoms with Gasteiger partial charge in [0.05, 0.1) is 0 Å². The van der Waals surface area contributed by atoms with Gasteiger partial charge in [-0.25, -0.2) is 0 Å². The lowest BCUT2D eigenvalue weighted by Crippen LogP contribution is -2.28. The first-order chi connectivity index (χ1) is 6.29. The number of aliphatic hydroxyl groups is 1. The van der Waals surface area contributed by atoms with Crippen molar-refractivity contribution in [2.75, 3.05) is 6.61 Å². The summed E-state index contributed by atoms with van der Waals surface area (Å²) in [5, 5.41) is 8.72. The summed E-state index contributed by atoms with van der Waals surface area (Å²) in [6, 6.07) is 5.52. The molecule has 2 rings (SSSR count). The van der Waals surface area contributed by atoms with Crippen LogP contribution < -0.4 is 15.2 Å². The monoisotopic (exact) mass is 181 g/mol. The summed E-state index contributed by atoms with van der Waals surface area (Å²) >= 11 is 0. The predicted octanol–water partition coefficient (Wildman–Crippen LogP) is 0.235. The van der Waals surface area contributed by atoms with Gasteiger partial charge in [0, 0.05) is 6.61 Å². The highest BCUT2D eigenvalue weighted by molar-refractivity contribution is 5.44. The molecule has 1 unspecified atom stereocenters. The smallest absolute Gasteiger partial charge is 0.300 e. The maximum atomic E-state index is 8.72. The Labute approximate surface area is 75.9 Å². The van der Waals surface area contributed by atoms with Crippen LogP contribution in [-0.4, -0.2) is 18.1 Å². The van der Waals surface area contributed by atoms with E-state index in [9.17, 15) is 0 Å². The molecule has 0 spiro atoms. The minimum absolute atomic E-state index is 0.131. The number of hydrogen-bond acceptors (Lipinski definition) is 4. The molecular formula is C9H11NO3. The van der Waals surface area contributed by atoms with Crippen LogP contribution in [0.15, 0.2) is 18.2 Å². The van der Waals surface area contributed by atoms with Crippen LogP contribution in [0.4, 0.5) is 0 Å². The van der Waals surface area contributed by atoms with Crippen LogP contribution in [0.25, 0.3) is 0 Å². The second kappa shape index (κ2) is 3.24. The molecule has 1 aliphatic rings. The zero-order valence-corrected chi connectivity index (χ0v) is 7.06. The molecule has 1 atom stereocenters. The van der Waals surface area contributed by atoms with E-state index in [1.165, 1.54) is 0 Å². The molecule has 13 heavy (non-hydrogen) atoms. The van der Waals surface area contributed by atoms with Crippen LogP contribution >= 0.6 is 0 Å². The number of rotatable bonds is 2. The quantitative estimate of drug-likeness (QED) is 0.685. The molecule has 3 N–H and O–H groups in total. The normalized spacial score (nSPS) is 19.1. The minimum atomic E-state index is -0.695. The molecule has 1 aromatic carbocycles. The van der Waals surface area contributed by atoms with E-state index in [0.29, 0.717) is 17.9 Å². The molecule has 4 heteroatoms. The largest absolute Gasteiger partial charge is 0.438 e. The Hall–Kier alpha value is -1.26. The van der Waals surface area contributed by atoms with E-state index in [2.05, 4.69) is 0 Å². The highest BCUT2D eigenvalue weighted by Gasteiger charge is 2.20. The van der Waals surface area contributed by atoms with Crippen molar-refractivity contribution in [1.82, 2.24) is 0 Å². The first-order valence-corrected chi connectivity index (χ1v) is 4.12. The first kappa shape index (κ1) is 8.34. The Morgan fingerprint density at radius 1 is 1.31 bits per heavy atom. The summed E-state index contributed by atoms with van der Waals surface area (Å²) in [6.45, 7) is 0.131. The molecule has 0 aromatic heterocycles. The van der Waals surface area contributed by atoms with Gasteiger partial charge in [-0.15, -0.1) is 0 Å². The van der Waals surface area contributed by atoms with Gasteiger partial charge in [0.15, 0.2) is 11.5 Å². The first-order valence-electron chi connectivity index (χ1n) is 4.12. The number of benzene rings is 1. The fourth-order valence-corrected chi connectivity index (χ4v) is 1.30. The average Bonchev–Trinajstić information content (AvgIpc) is 2.44. The summed E-state index contributed by atoms with van der Waals surface area (Å²) in [5.41, 5.74) is 6.43. The third kappa shape index (κ3) is 1.59.